The summed E-state index contributed by atoms with van der Waals surface area (Å²) in [4.78, 5) is 11.3. The largest absolute Gasteiger partial charge is 0.495 e. The van der Waals surface area contributed by atoms with Crippen LogP contribution in [-0.4, -0.2) is 18.2 Å². The number of carboxylic acids is 1. The highest BCUT2D eigenvalue weighted by molar-refractivity contribution is 6.32. The van der Waals surface area contributed by atoms with Crippen molar-refractivity contribution in [2.24, 2.45) is 0 Å². The molecule has 0 amide bonds. The van der Waals surface area contributed by atoms with Crippen molar-refractivity contribution in [3.63, 3.8) is 0 Å². The lowest BCUT2D eigenvalue weighted by Crippen LogP contribution is -2.42. The normalized spacial score (nSPS) is 17.4. The molecule has 0 saturated heterocycles. The number of halogens is 2. The van der Waals surface area contributed by atoms with Crippen LogP contribution in [0.1, 0.15) is 24.8 Å². The van der Waals surface area contributed by atoms with E-state index in [9.17, 15) is 14.3 Å². The molecule has 0 spiro atoms. The van der Waals surface area contributed by atoms with Crippen LogP contribution in [0.15, 0.2) is 12.1 Å². The molecular formula is C12H12ClFO3. The summed E-state index contributed by atoms with van der Waals surface area (Å²) in [5, 5.41) is 9.15. The number of ether oxygens (including phenoxy) is 1. The fourth-order valence-corrected chi connectivity index (χ4v) is 2.33. The van der Waals surface area contributed by atoms with Gasteiger partial charge in [-0.1, -0.05) is 18.0 Å². The van der Waals surface area contributed by atoms with Crippen molar-refractivity contribution in [2.75, 3.05) is 7.11 Å². The van der Waals surface area contributed by atoms with E-state index in [0.717, 1.165) is 6.42 Å². The highest BCUT2D eigenvalue weighted by Gasteiger charge is 2.46. The molecule has 0 atom stereocenters. The third-order valence-electron chi connectivity index (χ3n) is 3.38. The molecule has 3 nitrogen and oxygen atoms in total. The Morgan fingerprint density at radius 3 is 2.59 bits per heavy atom. The Hall–Kier alpha value is -1.29. The summed E-state index contributed by atoms with van der Waals surface area (Å²) in [6.45, 7) is 0. The van der Waals surface area contributed by atoms with E-state index in [-0.39, 0.29) is 10.8 Å². The molecule has 1 aliphatic carbocycles. The summed E-state index contributed by atoms with van der Waals surface area (Å²) >= 11 is 5.71. The topological polar surface area (TPSA) is 46.5 Å². The predicted molar refractivity (Wildman–Crippen MR) is 61.1 cm³/mol. The van der Waals surface area contributed by atoms with Gasteiger partial charge in [0.2, 0.25) is 0 Å². The molecule has 92 valence electrons. The lowest BCUT2D eigenvalue weighted by molar-refractivity contribution is -0.147. The van der Waals surface area contributed by atoms with Crippen LogP contribution in [-0.2, 0) is 10.2 Å². The molecule has 1 fully saturated rings. The monoisotopic (exact) mass is 258 g/mol. The molecule has 1 N–H and O–H groups in total. The van der Waals surface area contributed by atoms with Gasteiger partial charge in [0.25, 0.3) is 0 Å². The van der Waals surface area contributed by atoms with Gasteiger partial charge >= 0.3 is 5.97 Å². The van der Waals surface area contributed by atoms with E-state index < -0.39 is 17.2 Å². The van der Waals surface area contributed by atoms with Crippen molar-refractivity contribution in [3.05, 3.63) is 28.5 Å². The minimum absolute atomic E-state index is 0.115. The molecule has 0 bridgehead atoms. The van der Waals surface area contributed by atoms with Gasteiger partial charge in [0.1, 0.15) is 16.6 Å². The highest BCUT2D eigenvalue weighted by Crippen LogP contribution is 2.46. The average Bonchev–Trinajstić information content (AvgIpc) is 2.20. The Morgan fingerprint density at radius 1 is 1.53 bits per heavy atom. The van der Waals surface area contributed by atoms with Gasteiger partial charge < -0.3 is 9.84 Å². The molecule has 0 heterocycles. The van der Waals surface area contributed by atoms with Crippen molar-refractivity contribution >= 4 is 17.6 Å². The van der Waals surface area contributed by atoms with Crippen LogP contribution in [0.25, 0.3) is 0 Å². The average molecular weight is 259 g/mol. The molecule has 1 saturated carbocycles. The maximum atomic E-state index is 13.6. The summed E-state index contributed by atoms with van der Waals surface area (Å²) in [5.74, 6) is -1.39. The van der Waals surface area contributed by atoms with Gasteiger partial charge in [-0.05, 0) is 30.5 Å². The molecule has 17 heavy (non-hydrogen) atoms. The third-order valence-corrected chi connectivity index (χ3v) is 3.75. The lowest BCUT2D eigenvalue weighted by Gasteiger charge is -2.38. The number of hydrogen-bond donors (Lipinski definition) is 1. The first-order chi connectivity index (χ1) is 8.01. The van der Waals surface area contributed by atoms with Crippen molar-refractivity contribution < 1.29 is 19.0 Å². The van der Waals surface area contributed by atoms with Gasteiger partial charge in [0, 0.05) is 0 Å². The number of carboxylic acid groups (broad SMARTS) is 1. The zero-order valence-electron chi connectivity index (χ0n) is 9.30. The van der Waals surface area contributed by atoms with E-state index in [1.54, 1.807) is 0 Å². The highest BCUT2D eigenvalue weighted by atomic mass is 35.5. The van der Waals surface area contributed by atoms with Crippen LogP contribution in [0.4, 0.5) is 4.39 Å². The van der Waals surface area contributed by atoms with Crippen molar-refractivity contribution in [1.82, 2.24) is 0 Å². The van der Waals surface area contributed by atoms with Gasteiger partial charge in [-0.25, -0.2) is 4.39 Å². The zero-order valence-corrected chi connectivity index (χ0v) is 10.1. The second kappa shape index (κ2) is 4.18. The second-order valence-electron chi connectivity index (χ2n) is 4.22. The van der Waals surface area contributed by atoms with Crippen molar-refractivity contribution in [2.45, 2.75) is 24.7 Å². The van der Waals surface area contributed by atoms with Crippen molar-refractivity contribution in [3.8, 4) is 5.75 Å². The smallest absolute Gasteiger partial charge is 0.314 e. The van der Waals surface area contributed by atoms with E-state index in [0.29, 0.717) is 18.4 Å². The van der Waals surface area contributed by atoms with Crippen LogP contribution >= 0.6 is 11.6 Å². The Bertz CT molecular complexity index is 469. The van der Waals surface area contributed by atoms with Gasteiger partial charge in [-0.2, -0.15) is 0 Å². The molecule has 5 heteroatoms. The van der Waals surface area contributed by atoms with E-state index in [1.165, 1.54) is 19.2 Å². The van der Waals surface area contributed by atoms with Crippen LogP contribution in [0, 0.1) is 5.82 Å². The summed E-state index contributed by atoms with van der Waals surface area (Å²) in [7, 11) is 1.37. The third kappa shape index (κ3) is 1.76. The van der Waals surface area contributed by atoms with E-state index in [1.807, 2.05) is 0 Å². The predicted octanol–water partition coefficient (Wildman–Crippen LogP) is 2.99. The molecule has 1 aromatic carbocycles. The van der Waals surface area contributed by atoms with Gasteiger partial charge in [-0.15, -0.1) is 0 Å². The molecule has 0 aromatic heterocycles. The summed E-state index contributed by atoms with van der Waals surface area (Å²) in [5.41, 5.74) is -0.548. The van der Waals surface area contributed by atoms with E-state index in [2.05, 4.69) is 0 Å². The van der Waals surface area contributed by atoms with Gasteiger partial charge in [-0.3, -0.25) is 4.79 Å². The van der Waals surface area contributed by atoms with Crippen molar-refractivity contribution in [1.29, 1.82) is 0 Å². The van der Waals surface area contributed by atoms with Gasteiger partial charge in [0.15, 0.2) is 0 Å². The maximum absolute atomic E-state index is 13.6. The Labute approximate surface area is 103 Å². The molecule has 1 aliphatic rings. The number of rotatable bonds is 3. The number of carbonyl (C=O) groups is 1. The van der Waals surface area contributed by atoms with Crippen LogP contribution in [0.3, 0.4) is 0 Å². The quantitative estimate of drug-likeness (QED) is 0.907. The second-order valence-corrected chi connectivity index (χ2v) is 4.59. The molecule has 0 aliphatic heterocycles. The van der Waals surface area contributed by atoms with Crippen LogP contribution in [0.5, 0.6) is 5.75 Å². The Balaban J connectivity index is 2.52. The van der Waals surface area contributed by atoms with Crippen LogP contribution < -0.4 is 4.74 Å². The van der Waals surface area contributed by atoms with E-state index >= 15 is 0 Å². The fraction of sp³-hybridized carbons (Fsp3) is 0.417. The number of hydrogen-bond acceptors (Lipinski definition) is 2. The first-order valence-corrected chi connectivity index (χ1v) is 5.66. The standard InChI is InChI=1S/C12H12ClFO3/c1-17-9-6-7(5-8(14)10(9)13)12(11(15)16)3-2-4-12/h5-6H,2-4H2,1H3,(H,15,16). The molecule has 0 unspecified atom stereocenters. The first kappa shape index (κ1) is 12.2. The Morgan fingerprint density at radius 2 is 2.18 bits per heavy atom. The minimum Gasteiger partial charge on any atom is -0.495 e. The van der Waals surface area contributed by atoms with E-state index in [4.69, 9.17) is 16.3 Å². The SMILES string of the molecule is COc1cc(C2(C(=O)O)CCC2)cc(F)c1Cl. The summed E-state index contributed by atoms with van der Waals surface area (Å²) in [6, 6.07) is 2.71. The first-order valence-electron chi connectivity index (χ1n) is 5.28. The minimum atomic E-state index is -0.974. The molecule has 1 aromatic rings. The van der Waals surface area contributed by atoms with Gasteiger partial charge in [0.05, 0.1) is 12.5 Å². The summed E-state index contributed by atoms with van der Waals surface area (Å²) in [6.07, 6.45) is 1.87. The van der Waals surface area contributed by atoms with Crippen LogP contribution in [0.2, 0.25) is 5.02 Å². The maximum Gasteiger partial charge on any atom is 0.314 e. The number of methoxy groups -OCH3 is 1. The summed E-state index contributed by atoms with van der Waals surface area (Å²) < 4.78 is 18.5. The molecular weight excluding hydrogens is 247 g/mol. The zero-order chi connectivity index (χ0) is 12.6. The fourth-order valence-electron chi connectivity index (χ4n) is 2.15. The number of benzene rings is 1. The Kier molecular flexibility index (Phi) is 3.00. The molecule has 0 radical (unpaired) electrons. The number of aliphatic carboxylic acids is 1. The molecule has 2 rings (SSSR count). The lowest BCUT2D eigenvalue weighted by atomic mass is 9.64.